The van der Waals surface area contributed by atoms with Crippen LogP contribution in [0.4, 0.5) is 0 Å². The minimum Gasteiger partial charge on any atom is -0.411 e. The third kappa shape index (κ3) is 41.2. The Morgan fingerprint density at radius 1 is 1.67 bits per heavy atom. The largest absolute Gasteiger partial charge is 0.411 e. The molecule has 0 fully saturated rings. The molecule has 3 nitrogen and oxygen atoms in total. The maximum atomic E-state index is 8.81. The highest BCUT2D eigenvalue weighted by Gasteiger charge is 1.67. The Morgan fingerprint density at radius 2 is 2.11 bits per heavy atom. The highest BCUT2D eigenvalue weighted by atomic mass is 16.4. The Balaban J connectivity index is 0. The van der Waals surface area contributed by atoms with Crippen molar-refractivity contribution in [1.82, 2.24) is 0 Å². The molecule has 54 valence electrons. The monoisotopic (exact) mass is 131 g/mol. The van der Waals surface area contributed by atoms with E-state index >= 15 is 0 Å². The van der Waals surface area contributed by atoms with Crippen LogP contribution in [0.5, 0.6) is 0 Å². The molecule has 0 unspecified atom stereocenters. The Bertz CT molecular complexity index is 71.5. The van der Waals surface area contributed by atoms with E-state index in [0.29, 0.717) is 0 Å². The van der Waals surface area contributed by atoms with Crippen LogP contribution in [0.25, 0.3) is 0 Å². The number of hydrogen-bond acceptors (Lipinski definition) is 3. The van der Waals surface area contributed by atoms with Crippen LogP contribution in [-0.4, -0.2) is 17.7 Å². The molecular formula is C6H13NO2. The quantitative estimate of drug-likeness (QED) is 0.267. The van der Waals surface area contributed by atoms with Gasteiger partial charge in [-0.15, -0.1) is 5.16 Å². The molecule has 1 N–H and O–H groups in total. The molecule has 0 aliphatic carbocycles. The summed E-state index contributed by atoms with van der Waals surface area (Å²) in [6.45, 7) is 3.47. The normalized spacial score (nSPS) is 8.22. The summed E-state index contributed by atoms with van der Waals surface area (Å²) in [5, 5.41) is 10.6. The standard InChI is InChI=1S/C4H9NO.C2H4O/c1-2-3-4-5-6;1-2-3/h4,6H,2-3H2,1H3;2H,1H3. The maximum absolute atomic E-state index is 8.81. The molecule has 0 aromatic rings. The van der Waals surface area contributed by atoms with Crippen LogP contribution in [-0.2, 0) is 4.79 Å². The fourth-order valence-electron chi connectivity index (χ4n) is 0.187. The van der Waals surface area contributed by atoms with Crippen LogP contribution in [0.15, 0.2) is 5.16 Å². The van der Waals surface area contributed by atoms with E-state index in [0.717, 1.165) is 19.1 Å². The number of oxime groups is 1. The van der Waals surface area contributed by atoms with Gasteiger partial charge < -0.3 is 10.0 Å². The molecular weight excluding hydrogens is 118 g/mol. The number of hydrogen-bond donors (Lipinski definition) is 1. The summed E-state index contributed by atoms with van der Waals surface area (Å²) < 4.78 is 0. The zero-order valence-electron chi connectivity index (χ0n) is 5.87. The topological polar surface area (TPSA) is 49.7 Å². The summed E-state index contributed by atoms with van der Waals surface area (Å²) in [5.74, 6) is 0. The number of unbranched alkanes of at least 4 members (excludes halogenated alkanes) is 1. The first-order valence-corrected chi connectivity index (χ1v) is 2.89. The van der Waals surface area contributed by atoms with Crippen molar-refractivity contribution in [3.8, 4) is 0 Å². The number of nitrogens with zero attached hydrogens (tertiary/aromatic N) is 1. The average Bonchev–Trinajstić information content (AvgIpc) is 1.86. The molecule has 0 aliphatic rings. The van der Waals surface area contributed by atoms with Crippen molar-refractivity contribution in [3.63, 3.8) is 0 Å². The van der Waals surface area contributed by atoms with Gasteiger partial charge in [-0.2, -0.15) is 0 Å². The molecule has 0 radical (unpaired) electrons. The van der Waals surface area contributed by atoms with E-state index in [2.05, 4.69) is 5.16 Å². The summed E-state index contributed by atoms with van der Waals surface area (Å²) in [6.07, 6.45) is 4.15. The highest BCUT2D eigenvalue weighted by molar-refractivity contribution is 5.55. The Kier molecular flexibility index (Phi) is 19.2. The van der Waals surface area contributed by atoms with Crippen LogP contribution in [0.2, 0.25) is 0 Å². The minimum absolute atomic E-state index is 0.750. The molecule has 0 aliphatic heterocycles. The van der Waals surface area contributed by atoms with Crippen molar-refractivity contribution in [2.45, 2.75) is 26.7 Å². The van der Waals surface area contributed by atoms with Crippen LogP contribution >= 0.6 is 0 Å². The van der Waals surface area contributed by atoms with Gasteiger partial charge in [-0.1, -0.05) is 13.3 Å². The van der Waals surface area contributed by atoms with E-state index in [1.54, 1.807) is 0 Å². The molecule has 3 heteroatoms. The molecule has 9 heavy (non-hydrogen) atoms. The van der Waals surface area contributed by atoms with Crippen LogP contribution in [0, 0.1) is 0 Å². The molecule has 0 aromatic heterocycles. The number of aldehydes is 1. The first-order valence-electron chi connectivity index (χ1n) is 2.89. The van der Waals surface area contributed by atoms with E-state index in [-0.39, 0.29) is 0 Å². The second-order valence-corrected chi connectivity index (χ2v) is 1.32. The number of carbonyl (C=O) groups excluding carboxylic acids is 1. The van der Waals surface area contributed by atoms with Gasteiger partial charge in [0.15, 0.2) is 0 Å². The minimum atomic E-state index is 0.750. The van der Waals surface area contributed by atoms with Crippen LogP contribution in [0.1, 0.15) is 26.7 Å². The first-order chi connectivity index (χ1) is 4.33. The summed E-state index contributed by atoms with van der Waals surface area (Å²) in [6, 6.07) is 0. The maximum Gasteiger partial charge on any atom is 0.116 e. The molecule has 0 saturated heterocycles. The molecule has 0 atom stereocenters. The van der Waals surface area contributed by atoms with Gasteiger partial charge in [-0.05, 0) is 13.3 Å². The second kappa shape index (κ2) is 15.7. The lowest BCUT2D eigenvalue weighted by Crippen LogP contribution is -1.68. The van der Waals surface area contributed by atoms with E-state index < -0.39 is 0 Å². The molecule has 0 heterocycles. The van der Waals surface area contributed by atoms with E-state index in [4.69, 9.17) is 10.0 Å². The van der Waals surface area contributed by atoms with Gasteiger partial charge >= 0.3 is 0 Å². The van der Waals surface area contributed by atoms with E-state index in [9.17, 15) is 0 Å². The summed E-state index contributed by atoms with van der Waals surface area (Å²) in [7, 11) is 0. The smallest absolute Gasteiger partial charge is 0.116 e. The van der Waals surface area contributed by atoms with Crippen molar-refractivity contribution < 1.29 is 10.0 Å². The van der Waals surface area contributed by atoms with E-state index in [1.165, 1.54) is 13.1 Å². The van der Waals surface area contributed by atoms with Gasteiger partial charge in [0.25, 0.3) is 0 Å². The summed E-state index contributed by atoms with van der Waals surface area (Å²) in [4.78, 5) is 8.81. The van der Waals surface area contributed by atoms with Crippen molar-refractivity contribution in [2.24, 2.45) is 5.16 Å². The molecule has 0 spiro atoms. The Hall–Kier alpha value is -0.860. The predicted molar refractivity (Wildman–Crippen MR) is 36.9 cm³/mol. The lowest BCUT2D eigenvalue weighted by molar-refractivity contribution is -0.106. The van der Waals surface area contributed by atoms with Crippen molar-refractivity contribution in [1.29, 1.82) is 0 Å². The molecule has 0 amide bonds. The second-order valence-electron chi connectivity index (χ2n) is 1.32. The fraction of sp³-hybridized carbons (Fsp3) is 0.667. The van der Waals surface area contributed by atoms with Gasteiger partial charge in [-0.3, -0.25) is 0 Å². The third-order valence-electron chi connectivity index (χ3n) is 0.499. The van der Waals surface area contributed by atoms with Crippen molar-refractivity contribution in [2.75, 3.05) is 0 Å². The van der Waals surface area contributed by atoms with Gasteiger partial charge in [0.2, 0.25) is 0 Å². The highest BCUT2D eigenvalue weighted by Crippen LogP contribution is 1.77. The van der Waals surface area contributed by atoms with Gasteiger partial charge in [0, 0.05) is 6.21 Å². The lowest BCUT2D eigenvalue weighted by Gasteiger charge is -1.74. The molecule has 0 saturated carbocycles. The molecule has 0 bridgehead atoms. The van der Waals surface area contributed by atoms with Gasteiger partial charge in [0.1, 0.15) is 6.29 Å². The van der Waals surface area contributed by atoms with Crippen molar-refractivity contribution >= 4 is 12.5 Å². The first kappa shape index (κ1) is 11.0. The number of rotatable bonds is 2. The summed E-state index contributed by atoms with van der Waals surface area (Å²) >= 11 is 0. The number of carbonyl (C=O) groups is 1. The average molecular weight is 131 g/mol. The molecule has 0 aromatic carbocycles. The lowest BCUT2D eigenvalue weighted by atomic mass is 10.4. The van der Waals surface area contributed by atoms with E-state index in [1.807, 2.05) is 6.92 Å². The Morgan fingerprint density at radius 3 is 2.22 bits per heavy atom. The SMILES string of the molecule is CC=O.CCCC=NO. The van der Waals surface area contributed by atoms with Gasteiger partial charge in [-0.25, -0.2) is 0 Å². The van der Waals surface area contributed by atoms with Crippen LogP contribution < -0.4 is 0 Å². The zero-order valence-corrected chi connectivity index (χ0v) is 5.87. The zero-order chi connectivity index (χ0) is 7.54. The van der Waals surface area contributed by atoms with Gasteiger partial charge in [0.05, 0.1) is 0 Å². The third-order valence-corrected chi connectivity index (χ3v) is 0.499. The van der Waals surface area contributed by atoms with Crippen LogP contribution in [0.3, 0.4) is 0 Å². The summed E-state index contributed by atoms with van der Waals surface area (Å²) in [5.41, 5.74) is 0. The predicted octanol–water partition coefficient (Wildman–Crippen LogP) is 1.45. The fourth-order valence-corrected chi connectivity index (χ4v) is 0.187. The molecule has 0 rings (SSSR count). The van der Waals surface area contributed by atoms with Crippen molar-refractivity contribution in [3.05, 3.63) is 0 Å². The Labute approximate surface area is 55.4 Å².